The normalized spacial score (nSPS) is 22.2. The molecule has 132 valence electrons. The Labute approximate surface area is 147 Å². The second-order valence-corrected chi connectivity index (χ2v) is 8.22. The summed E-state index contributed by atoms with van der Waals surface area (Å²) >= 11 is 1.62. The van der Waals surface area contributed by atoms with Gasteiger partial charge in [0.05, 0.1) is 18.8 Å². The number of nitrogens with zero attached hydrogens (tertiary/aromatic N) is 2. The molecule has 1 unspecified atom stereocenters. The van der Waals surface area contributed by atoms with Gasteiger partial charge in [-0.25, -0.2) is 9.78 Å². The maximum atomic E-state index is 12.3. The summed E-state index contributed by atoms with van der Waals surface area (Å²) in [5, 5.41) is 3.06. The maximum absolute atomic E-state index is 12.3. The highest BCUT2D eigenvalue weighted by molar-refractivity contribution is 7.09. The number of hydrogen-bond acceptors (Lipinski definition) is 5. The van der Waals surface area contributed by atoms with E-state index in [1.165, 1.54) is 18.4 Å². The summed E-state index contributed by atoms with van der Waals surface area (Å²) in [6.45, 7) is 7.23. The second-order valence-electron chi connectivity index (χ2n) is 7.33. The molecule has 1 aliphatic carbocycles. The van der Waals surface area contributed by atoms with Crippen LogP contribution in [0.1, 0.15) is 63.3 Å². The first-order chi connectivity index (χ1) is 11.4. The van der Waals surface area contributed by atoms with E-state index in [0.29, 0.717) is 19.7 Å². The monoisotopic (exact) mass is 350 g/mol. The van der Waals surface area contributed by atoms with E-state index in [0.717, 1.165) is 23.5 Å². The third kappa shape index (κ3) is 4.36. The van der Waals surface area contributed by atoms with Gasteiger partial charge >= 0.3 is 6.09 Å². The molecule has 1 saturated heterocycles. The molecule has 0 spiro atoms. The molecule has 1 amide bonds. The molecule has 24 heavy (non-hydrogen) atoms. The molecular weight excluding hydrogens is 324 g/mol. The molecule has 5 nitrogen and oxygen atoms in total. The summed E-state index contributed by atoms with van der Waals surface area (Å²) in [6.07, 6.45) is 6.64. The number of thiazole rings is 1. The van der Waals surface area contributed by atoms with Crippen molar-refractivity contribution in [2.75, 3.05) is 19.7 Å². The lowest BCUT2D eigenvalue weighted by molar-refractivity contribution is -0.0433. The summed E-state index contributed by atoms with van der Waals surface area (Å²) in [4.78, 5) is 18.8. The molecule has 6 heteroatoms. The minimum absolute atomic E-state index is 0.158. The number of morpholine rings is 1. The molecule has 1 aromatic heterocycles. The number of rotatable bonds is 2. The number of ether oxygens (including phenoxy) is 2. The van der Waals surface area contributed by atoms with Crippen LogP contribution < -0.4 is 0 Å². The molecular formula is C18H26N2O3S. The van der Waals surface area contributed by atoms with Crippen molar-refractivity contribution in [2.45, 2.75) is 58.2 Å². The molecule has 1 fully saturated rings. The fourth-order valence-electron chi connectivity index (χ4n) is 2.94. The fraction of sp³-hybridized carbons (Fsp3) is 0.667. The summed E-state index contributed by atoms with van der Waals surface area (Å²) in [6, 6.07) is 0. The predicted octanol–water partition coefficient (Wildman–Crippen LogP) is 4.41. The van der Waals surface area contributed by atoms with Crippen LogP contribution in [0.5, 0.6) is 0 Å². The quantitative estimate of drug-likeness (QED) is 0.793. The predicted molar refractivity (Wildman–Crippen MR) is 95.1 cm³/mol. The first kappa shape index (κ1) is 17.4. The molecule has 0 N–H and O–H groups in total. The summed E-state index contributed by atoms with van der Waals surface area (Å²) in [7, 11) is 0. The van der Waals surface area contributed by atoms with Gasteiger partial charge in [0.25, 0.3) is 0 Å². The molecule has 0 bridgehead atoms. The third-order valence-electron chi connectivity index (χ3n) is 4.14. The van der Waals surface area contributed by atoms with Crippen molar-refractivity contribution < 1.29 is 14.3 Å². The van der Waals surface area contributed by atoms with Gasteiger partial charge in [0.2, 0.25) is 0 Å². The zero-order valence-corrected chi connectivity index (χ0v) is 15.5. The highest BCUT2D eigenvalue weighted by atomic mass is 32.1. The lowest BCUT2D eigenvalue weighted by Gasteiger charge is -2.33. The smallest absolute Gasteiger partial charge is 0.410 e. The first-order valence-corrected chi connectivity index (χ1v) is 9.55. The Morgan fingerprint density at radius 3 is 2.96 bits per heavy atom. The topological polar surface area (TPSA) is 51.7 Å². The molecule has 0 radical (unpaired) electrons. The lowest BCUT2D eigenvalue weighted by Crippen LogP contribution is -2.44. The Morgan fingerprint density at radius 2 is 2.25 bits per heavy atom. The van der Waals surface area contributed by atoms with E-state index in [2.05, 4.69) is 11.5 Å². The zero-order chi connectivity index (χ0) is 17.2. The Morgan fingerprint density at radius 1 is 1.42 bits per heavy atom. The number of amides is 1. The Hall–Kier alpha value is -1.40. The average molecular weight is 350 g/mol. The number of hydrogen-bond donors (Lipinski definition) is 0. The maximum Gasteiger partial charge on any atom is 0.410 e. The van der Waals surface area contributed by atoms with Crippen molar-refractivity contribution in [3.63, 3.8) is 0 Å². The van der Waals surface area contributed by atoms with Crippen LogP contribution in [-0.2, 0) is 9.47 Å². The molecule has 2 heterocycles. The van der Waals surface area contributed by atoms with Crippen LogP contribution in [0.3, 0.4) is 0 Å². The number of carbonyl (C=O) groups excluding carboxylic acids is 1. The number of carbonyl (C=O) groups is 1. The van der Waals surface area contributed by atoms with E-state index in [1.807, 2.05) is 20.8 Å². The Kier molecular flexibility index (Phi) is 5.25. The summed E-state index contributed by atoms with van der Waals surface area (Å²) in [5.41, 5.74) is 1.95. The Bertz CT molecular complexity index is 618. The van der Waals surface area contributed by atoms with Gasteiger partial charge in [0.15, 0.2) is 0 Å². The van der Waals surface area contributed by atoms with Crippen LogP contribution in [-0.4, -0.2) is 41.3 Å². The highest BCUT2D eigenvalue weighted by Crippen LogP contribution is 2.31. The SMILES string of the molecule is CC(C)(C)OC(=O)N1CCOC(c2nc(C3=CCCCC3)cs2)C1. The van der Waals surface area contributed by atoms with Crippen LogP contribution >= 0.6 is 11.3 Å². The van der Waals surface area contributed by atoms with E-state index in [1.54, 1.807) is 16.2 Å². The van der Waals surface area contributed by atoms with Gasteiger partial charge in [-0.1, -0.05) is 6.08 Å². The van der Waals surface area contributed by atoms with Crippen molar-refractivity contribution in [1.29, 1.82) is 0 Å². The number of aromatic nitrogens is 1. The van der Waals surface area contributed by atoms with Gasteiger partial charge in [0, 0.05) is 11.9 Å². The van der Waals surface area contributed by atoms with Crippen LogP contribution in [0.15, 0.2) is 11.5 Å². The van der Waals surface area contributed by atoms with Gasteiger partial charge in [-0.15, -0.1) is 11.3 Å². The molecule has 3 rings (SSSR count). The van der Waals surface area contributed by atoms with Gasteiger partial charge in [0.1, 0.15) is 16.7 Å². The van der Waals surface area contributed by atoms with E-state index < -0.39 is 5.60 Å². The highest BCUT2D eigenvalue weighted by Gasteiger charge is 2.30. The van der Waals surface area contributed by atoms with Crippen molar-refractivity contribution >= 4 is 23.0 Å². The second kappa shape index (κ2) is 7.23. The fourth-order valence-corrected chi connectivity index (χ4v) is 3.83. The standard InChI is InChI=1S/C18H26N2O3S/c1-18(2,3)23-17(21)20-9-10-22-15(11-20)16-19-14(12-24-16)13-7-5-4-6-8-13/h7,12,15H,4-6,8-11H2,1-3H3. The van der Waals surface area contributed by atoms with E-state index in [-0.39, 0.29) is 12.2 Å². The third-order valence-corrected chi connectivity index (χ3v) is 5.07. The summed E-state index contributed by atoms with van der Waals surface area (Å²) in [5.74, 6) is 0. The summed E-state index contributed by atoms with van der Waals surface area (Å²) < 4.78 is 11.3. The van der Waals surface area contributed by atoms with Crippen molar-refractivity contribution in [3.8, 4) is 0 Å². The molecule has 1 aromatic rings. The van der Waals surface area contributed by atoms with Gasteiger partial charge in [-0.3, -0.25) is 0 Å². The van der Waals surface area contributed by atoms with E-state index in [4.69, 9.17) is 14.5 Å². The Balaban J connectivity index is 1.65. The zero-order valence-electron chi connectivity index (χ0n) is 14.7. The minimum atomic E-state index is -0.479. The first-order valence-electron chi connectivity index (χ1n) is 8.67. The van der Waals surface area contributed by atoms with Crippen molar-refractivity contribution in [1.82, 2.24) is 9.88 Å². The molecule has 0 aromatic carbocycles. The largest absolute Gasteiger partial charge is 0.444 e. The average Bonchev–Trinajstić information content (AvgIpc) is 3.04. The minimum Gasteiger partial charge on any atom is -0.444 e. The van der Waals surface area contributed by atoms with Gasteiger partial charge < -0.3 is 14.4 Å². The van der Waals surface area contributed by atoms with Gasteiger partial charge in [-0.2, -0.15) is 0 Å². The van der Waals surface area contributed by atoms with E-state index >= 15 is 0 Å². The molecule has 0 saturated carbocycles. The van der Waals surface area contributed by atoms with Crippen molar-refractivity contribution in [2.24, 2.45) is 0 Å². The van der Waals surface area contributed by atoms with Gasteiger partial charge in [-0.05, 0) is 52.0 Å². The van der Waals surface area contributed by atoms with Crippen LogP contribution in [0.4, 0.5) is 4.79 Å². The van der Waals surface area contributed by atoms with E-state index in [9.17, 15) is 4.79 Å². The van der Waals surface area contributed by atoms with Crippen LogP contribution in [0.2, 0.25) is 0 Å². The van der Waals surface area contributed by atoms with Crippen molar-refractivity contribution in [3.05, 3.63) is 22.2 Å². The lowest BCUT2D eigenvalue weighted by atomic mass is 9.98. The number of allylic oxidation sites excluding steroid dienone is 2. The van der Waals surface area contributed by atoms with Crippen LogP contribution in [0.25, 0.3) is 5.57 Å². The molecule has 1 atom stereocenters. The molecule has 2 aliphatic rings. The molecule has 1 aliphatic heterocycles. The van der Waals surface area contributed by atoms with Crippen LogP contribution in [0, 0.1) is 0 Å².